The number of ether oxygens (including phenoxy) is 1. The molecule has 1 rings (SSSR count). The van der Waals surface area contributed by atoms with Crippen molar-refractivity contribution in [2.75, 3.05) is 26.3 Å². The van der Waals surface area contributed by atoms with Crippen molar-refractivity contribution >= 4 is 23.4 Å². The average molecular weight is 288 g/mol. The van der Waals surface area contributed by atoms with Crippen LogP contribution in [0.3, 0.4) is 0 Å². The summed E-state index contributed by atoms with van der Waals surface area (Å²) in [4.78, 5) is 1.16. The van der Waals surface area contributed by atoms with Crippen molar-refractivity contribution in [2.24, 2.45) is 0 Å². The summed E-state index contributed by atoms with van der Waals surface area (Å²) in [7, 11) is 0. The van der Waals surface area contributed by atoms with Crippen molar-refractivity contribution in [1.82, 2.24) is 5.32 Å². The van der Waals surface area contributed by atoms with E-state index in [0.29, 0.717) is 5.25 Å². The molecule has 0 amide bonds. The molecule has 18 heavy (non-hydrogen) atoms. The molecule has 0 radical (unpaired) electrons. The Bertz CT molecular complexity index is 335. The number of rotatable bonds is 9. The van der Waals surface area contributed by atoms with Crippen LogP contribution >= 0.6 is 23.4 Å². The topological polar surface area (TPSA) is 21.3 Å². The van der Waals surface area contributed by atoms with Gasteiger partial charge < -0.3 is 10.1 Å². The van der Waals surface area contributed by atoms with Gasteiger partial charge in [-0.2, -0.15) is 0 Å². The van der Waals surface area contributed by atoms with E-state index in [0.717, 1.165) is 42.6 Å². The molecule has 0 aromatic heterocycles. The predicted molar refractivity (Wildman–Crippen MR) is 80.8 cm³/mol. The van der Waals surface area contributed by atoms with Crippen LogP contribution in [-0.4, -0.2) is 31.6 Å². The van der Waals surface area contributed by atoms with Gasteiger partial charge in [-0.05, 0) is 32.0 Å². The maximum Gasteiger partial charge on any atom is 0.0541 e. The lowest BCUT2D eigenvalue weighted by atomic mass is 10.4. The Labute approximate surface area is 119 Å². The van der Waals surface area contributed by atoms with E-state index in [1.807, 2.05) is 36.9 Å². The first-order chi connectivity index (χ1) is 8.74. The summed E-state index contributed by atoms with van der Waals surface area (Å²) in [5, 5.41) is 4.79. The van der Waals surface area contributed by atoms with Crippen LogP contribution in [-0.2, 0) is 4.74 Å². The Morgan fingerprint density at radius 3 is 2.89 bits per heavy atom. The Hall–Kier alpha value is -0.220. The molecule has 2 nitrogen and oxygen atoms in total. The fourth-order valence-corrected chi connectivity index (χ4v) is 2.79. The molecular weight excluding hydrogens is 266 g/mol. The zero-order valence-corrected chi connectivity index (χ0v) is 12.7. The number of halogens is 1. The Morgan fingerprint density at radius 1 is 1.39 bits per heavy atom. The summed E-state index contributed by atoms with van der Waals surface area (Å²) in [6.07, 6.45) is 1.07. The Morgan fingerprint density at radius 2 is 2.17 bits per heavy atom. The summed E-state index contributed by atoms with van der Waals surface area (Å²) in [5.41, 5.74) is 0. The third kappa shape index (κ3) is 6.64. The minimum Gasteiger partial charge on any atom is -0.382 e. The SMILES string of the molecule is CCOCCCNCC(C)Sc1ccccc1Cl. The van der Waals surface area contributed by atoms with Gasteiger partial charge in [-0.15, -0.1) is 11.8 Å². The minimum absolute atomic E-state index is 0.511. The van der Waals surface area contributed by atoms with Crippen LogP contribution in [0.5, 0.6) is 0 Å². The summed E-state index contributed by atoms with van der Waals surface area (Å²) in [6.45, 7) is 7.88. The Kier molecular flexibility index (Phi) is 8.51. The van der Waals surface area contributed by atoms with Crippen molar-refractivity contribution in [3.8, 4) is 0 Å². The molecule has 1 atom stereocenters. The van der Waals surface area contributed by atoms with Crippen LogP contribution in [0.25, 0.3) is 0 Å². The summed E-state index contributed by atoms with van der Waals surface area (Å²) < 4.78 is 5.29. The molecule has 0 saturated heterocycles. The van der Waals surface area contributed by atoms with Crippen LogP contribution in [0, 0.1) is 0 Å². The van der Waals surface area contributed by atoms with Gasteiger partial charge in [-0.25, -0.2) is 0 Å². The van der Waals surface area contributed by atoms with E-state index in [4.69, 9.17) is 16.3 Å². The fraction of sp³-hybridized carbons (Fsp3) is 0.571. The van der Waals surface area contributed by atoms with E-state index in [9.17, 15) is 0 Å². The molecule has 1 aromatic rings. The normalized spacial score (nSPS) is 12.6. The first-order valence-corrected chi connectivity index (χ1v) is 7.69. The highest BCUT2D eigenvalue weighted by atomic mass is 35.5. The standard InChI is InChI=1S/C14H22ClNOS/c1-3-17-10-6-9-16-11-12(2)18-14-8-5-4-7-13(14)15/h4-5,7-8,12,16H,3,6,9-11H2,1-2H3. The zero-order valence-electron chi connectivity index (χ0n) is 11.1. The molecule has 0 saturated carbocycles. The number of hydrogen-bond donors (Lipinski definition) is 1. The van der Waals surface area contributed by atoms with E-state index in [1.54, 1.807) is 0 Å². The van der Waals surface area contributed by atoms with Gasteiger partial charge >= 0.3 is 0 Å². The Balaban J connectivity index is 2.14. The van der Waals surface area contributed by atoms with Crippen molar-refractivity contribution < 1.29 is 4.74 Å². The van der Waals surface area contributed by atoms with Gasteiger partial charge in [-0.1, -0.05) is 30.7 Å². The predicted octanol–water partition coefficient (Wildman–Crippen LogP) is 3.84. The molecule has 102 valence electrons. The van der Waals surface area contributed by atoms with Gasteiger partial charge in [0.05, 0.1) is 5.02 Å². The first-order valence-electron chi connectivity index (χ1n) is 6.43. The van der Waals surface area contributed by atoms with E-state index in [2.05, 4.69) is 18.3 Å². The van der Waals surface area contributed by atoms with E-state index in [-0.39, 0.29) is 0 Å². The van der Waals surface area contributed by atoms with Crippen LogP contribution in [0.15, 0.2) is 29.2 Å². The lowest BCUT2D eigenvalue weighted by molar-refractivity contribution is 0.145. The molecule has 1 N–H and O–H groups in total. The molecule has 0 aliphatic heterocycles. The minimum atomic E-state index is 0.511. The first kappa shape index (κ1) is 15.8. The molecule has 0 aliphatic carbocycles. The van der Waals surface area contributed by atoms with E-state index < -0.39 is 0 Å². The number of hydrogen-bond acceptors (Lipinski definition) is 3. The second-order valence-corrected chi connectivity index (χ2v) is 6.00. The third-order valence-corrected chi connectivity index (χ3v) is 4.06. The lowest BCUT2D eigenvalue weighted by Crippen LogP contribution is -2.24. The monoisotopic (exact) mass is 287 g/mol. The van der Waals surface area contributed by atoms with Gasteiger partial charge in [0.25, 0.3) is 0 Å². The largest absolute Gasteiger partial charge is 0.382 e. The fourth-order valence-electron chi connectivity index (χ4n) is 1.55. The number of nitrogens with one attached hydrogen (secondary N) is 1. The summed E-state index contributed by atoms with van der Waals surface area (Å²) in [5.74, 6) is 0. The molecule has 1 unspecified atom stereocenters. The second-order valence-electron chi connectivity index (χ2n) is 4.11. The smallest absolute Gasteiger partial charge is 0.0541 e. The molecular formula is C14H22ClNOS. The van der Waals surface area contributed by atoms with Crippen LogP contribution in [0.4, 0.5) is 0 Å². The van der Waals surface area contributed by atoms with Crippen molar-refractivity contribution in [2.45, 2.75) is 30.4 Å². The zero-order chi connectivity index (χ0) is 13.2. The highest BCUT2D eigenvalue weighted by Gasteiger charge is 2.06. The maximum atomic E-state index is 6.13. The molecule has 1 aromatic carbocycles. The number of thioether (sulfide) groups is 1. The molecule has 0 heterocycles. The molecule has 0 spiro atoms. The molecule has 0 bridgehead atoms. The second kappa shape index (κ2) is 9.68. The average Bonchev–Trinajstić information content (AvgIpc) is 2.36. The van der Waals surface area contributed by atoms with Gasteiger partial charge in [0, 0.05) is 29.9 Å². The van der Waals surface area contributed by atoms with Crippen LogP contribution in [0.1, 0.15) is 20.3 Å². The molecule has 0 fully saturated rings. The lowest BCUT2D eigenvalue weighted by Gasteiger charge is -2.13. The third-order valence-electron chi connectivity index (χ3n) is 2.44. The molecule has 0 aliphatic rings. The van der Waals surface area contributed by atoms with E-state index >= 15 is 0 Å². The van der Waals surface area contributed by atoms with E-state index in [1.165, 1.54) is 0 Å². The summed E-state index contributed by atoms with van der Waals surface area (Å²) in [6, 6.07) is 7.99. The maximum absolute atomic E-state index is 6.13. The number of benzene rings is 1. The van der Waals surface area contributed by atoms with Gasteiger partial charge in [0.15, 0.2) is 0 Å². The van der Waals surface area contributed by atoms with Crippen molar-refractivity contribution in [1.29, 1.82) is 0 Å². The quantitative estimate of drug-likeness (QED) is 0.551. The van der Waals surface area contributed by atoms with Gasteiger partial charge in [0.1, 0.15) is 0 Å². The highest BCUT2D eigenvalue weighted by molar-refractivity contribution is 8.00. The van der Waals surface area contributed by atoms with Gasteiger partial charge in [-0.3, -0.25) is 0 Å². The molecule has 4 heteroatoms. The highest BCUT2D eigenvalue weighted by Crippen LogP contribution is 2.29. The van der Waals surface area contributed by atoms with Crippen LogP contribution < -0.4 is 5.32 Å². The van der Waals surface area contributed by atoms with Crippen LogP contribution in [0.2, 0.25) is 5.02 Å². The van der Waals surface area contributed by atoms with Crippen molar-refractivity contribution in [3.05, 3.63) is 29.3 Å². The van der Waals surface area contributed by atoms with Crippen molar-refractivity contribution in [3.63, 3.8) is 0 Å². The van der Waals surface area contributed by atoms with Gasteiger partial charge in [0.2, 0.25) is 0 Å². The summed E-state index contributed by atoms with van der Waals surface area (Å²) >= 11 is 7.94.